The van der Waals surface area contributed by atoms with E-state index in [2.05, 4.69) is 12.1 Å². The SMILES string of the molecule is Cc1ccccc1C(=O)c1ccccc1Sc1ccccc1. The van der Waals surface area contributed by atoms with E-state index < -0.39 is 0 Å². The average molecular weight is 304 g/mol. The van der Waals surface area contributed by atoms with Gasteiger partial charge in [0.15, 0.2) is 5.78 Å². The molecular weight excluding hydrogens is 288 g/mol. The third-order valence-corrected chi connectivity index (χ3v) is 4.58. The molecule has 0 aliphatic carbocycles. The highest BCUT2D eigenvalue weighted by Gasteiger charge is 2.15. The molecular formula is C20H16OS. The molecule has 3 aromatic carbocycles. The van der Waals surface area contributed by atoms with Crippen molar-refractivity contribution in [3.63, 3.8) is 0 Å². The van der Waals surface area contributed by atoms with Gasteiger partial charge in [-0.05, 0) is 36.8 Å². The standard InChI is InChI=1S/C20H16OS/c1-15-9-5-6-12-17(15)20(21)18-13-7-8-14-19(18)22-16-10-3-2-4-11-16/h2-14H,1H3. The van der Waals surface area contributed by atoms with Gasteiger partial charge in [0.25, 0.3) is 0 Å². The lowest BCUT2D eigenvalue weighted by Gasteiger charge is -2.10. The fraction of sp³-hybridized carbons (Fsp3) is 0.0500. The molecule has 2 heteroatoms. The number of rotatable bonds is 4. The molecule has 0 amide bonds. The van der Waals surface area contributed by atoms with Crippen LogP contribution in [0.4, 0.5) is 0 Å². The Morgan fingerprint density at radius 1 is 0.727 bits per heavy atom. The van der Waals surface area contributed by atoms with E-state index in [4.69, 9.17) is 0 Å². The van der Waals surface area contributed by atoms with Gasteiger partial charge in [-0.2, -0.15) is 0 Å². The van der Waals surface area contributed by atoms with E-state index in [0.29, 0.717) is 0 Å². The zero-order valence-corrected chi connectivity index (χ0v) is 13.1. The Labute approximate surface area is 135 Å². The molecule has 0 heterocycles. The van der Waals surface area contributed by atoms with Crippen LogP contribution in [0.15, 0.2) is 88.7 Å². The molecule has 0 unspecified atom stereocenters. The second-order valence-electron chi connectivity index (χ2n) is 5.06. The number of benzene rings is 3. The summed E-state index contributed by atoms with van der Waals surface area (Å²) in [6, 6.07) is 25.6. The van der Waals surface area contributed by atoms with Crippen molar-refractivity contribution >= 4 is 17.5 Å². The summed E-state index contributed by atoms with van der Waals surface area (Å²) in [6.45, 7) is 1.97. The van der Waals surface area contributed by atoms with Gasteiger partial charge in [-0.1, -0.05) is 66.4 Å². The van der Waals surface area contributed by atoms with Crippen LogP contribution >= 0.6 is 11.8 Å². The Bertz CT molecular complexity index is 794. The monoisotopic (exact) mass is 304 g/mol. The molecule has 0 bridgehead atoms. The minimum absolute atomic E-state index is 0.0807. The van der Waals surface area contributed by atoms with E-state index in [1.165, 1.54) is 0 Å². The number of hydrogen-bond donors (Lipinski definition) is 0. The van der Waals surface area contributed by atoms with Crippen LogP contribution in [-0.2, 0) is 0 Å². The topological polar surface area (TPSA) is 17.1 Å². The summed E-state index contributed by atoms with van der Waals surface area (Å²) < 4.78 is 0. The third kappa shape index (κ3) is 3.12. The maximum Gasteiger partial charge on any atom is 0.194 e. The van der Waals surface area contributed by atoms with Crippen LogP contribution in [0.2, 0.25) is 0 Å². The maximum absolute atomic E-state index is 12.9. The second kappa shape index (κ2) is 6.63. The van der Waals surface area contributed by atoms with Crippen LogP contribution in [0, 0.1) is 6.92 Å². The van der Waals surface area contributed by atoms with Crippen molar-refractivity contribution in [3.05, 3.63) is 95.6 Å². The highest BCUT2D eigenvalue weighted by atomic mass is 32.2. The van der Waals surface area contributed by atoms with Gasteiger partial charge in [-0.15, -0.1) is 0 Å². The minimum atomic E-state index is 0.0807. The molecule has 0 saturated heterocycles. The van der Waals surface area contributed by atoms with Crippen molar-refractivity contribution in [2.24, 2.45) is 0 Å². The van der Waals surface area contributed by atoms with Crippen molar-refractivity contribution in [2.45, 2.75) is 16.7 Å². The molecule has 3 aromatic rings. The molecule has 0 saturated carbocycles. The lowest BCUT2D eigenvalue weighted by Crippen LogP contribution is -2.04. The van der Waals surface area contributed by atoms with Gasteiger partial charge in [-0.3, -0.25) is 4.79 Å². The van der Waals surface area contributed by atoms with Gasteiger partial charge in [0.05, 0.1) is 0 Å². The molecule has 0 aliphatic heterocycles. The van der Waals surface area contributed by atoms with Crippen molar-refractivity contribution in [3.8, 4) is 0 Å². The maximum atomic E-state index is 12.9. The van der Waals surface area contributed by atoms with Crippen molar-refractivity contribution in [1.82, 2.24) is 0 Å². The first-order valence-corrected chi connectivity index (χ1v) is 7.99. The highest BCUT2D eigenvalue weighted by Crippen LogP contribution is 2.31. The quantitative estimate of drug-likeness (QED) is 0.602. The van der Waals surface area contributed by atoms with Gasteiger partial charge in [0.1, 0.15) is 0 Å². The number of ketones is 1. The van der Waals surface area contributed by atoms with E-state index in [9.17, 15) is 4.79 Å². The van der Waals surface area contributed by atoms with Crippen LogP contribution in [0.5, 0.6) is 0 Å². The average Bonchev–Trinajstić information content (AvgIpc) is 2.56. The number of carbonyl (C=O) groups is 1. The zero-order valence-electron chi connectivity index (χ0n) is 12.3. The van der Waals surface area contributed by atoms with Crippen molar-refractivity contribution < 1.29 is 4.79 Å². The van der Waals surface area contributed by atoms with Crippen LogP contribution < -0.4 is 0 Å². The largest absolute Gasteiger partial charge is 0.289 e. The Kier molecular flexibility index (Phi) is 4.40. The molecule has 22 heavy (non-hydrogen) atoms. The molecule has 0 aromatic heterocycles. The van der Waals surface area contributed by atoms with Gasteiger partial charge in [0, 0.05) is 20.9 Å². The number of hydrogen-bond acceptors (Lipinski definition) is 2. The molecule has 0 N–H and O–H groups in total. The lowest BCUT2D eigenvalue weighted by molar-refractivity contribution is 0.103. The summed E-state index contributed by atoms with van der Waals surface area (Å²) in [7, 11) is 0. The van der Waals surface area contributed by atoms with E-state index >= 15 is 0 Å². The molecule has 0 aliphatic rings. The highest BCUT2D eigenvalue weighted by molar-refractivity contribution is 7.99. The molecule has 0 atom stereocenters. The molecule has 0 radical (unpaired) electrons. The van der Waals surface area contributed by atoms with Crippen LogP contribution in [0.1, 0.15) is 21.5 Å². The smallest absolute Gasteiger partial charge is 0.194 e. The van der Waals surface area contributed by atoms with Crippen LogP contribution in [0.3, 0.4) is 0 Å². The van der Waals surface area contributed by atoms with E-state index in [1.807, 2.05) is 73.7 Å². The van der Waals surface area contributed by atoms with Crippen LogP contribution in [0.25, 0.3) is 0 Å². The first kappa shape index (κ1) is 14.6. The zero-order chi connectivity index (χ0) is 15.4. The number of carbonyl (C=O) groups excluding carboxylic acids is 1. The van der Waals surface area contributed by atoms with Crippen molar-refractivity contribution in [1.29, 1.82) is 0 Å². The molecule has 0 spiro atoms. The predicted molar refractivity (Wildman–Crippen MR) is 91.6 cm³/mol. The van der Waals surface area contributed by atoms with Gasteiger partial charge in [0.2, 0.25) is 0 Å². The first-order valence-electron chi connectivity index (χ1n) is 7.18. The predicted octanol–water partition coefficient (Wildman–Crippen LogP) is 5.38. The lowest BCUT2D eigenvalue weighted by atomic mass is 9.99. The fourth-order valence-electron chi connectivity index (χ4n) is 2.33. The van der Waals surface area contributed by atoms with Gasteiger partial charge in [-0.25, -0.2) is 0 Å². The summed E-state index contributed by atoms with van der Waals surface area (Å²) in [5, 5.41) is 0. The number of aryl methyl sites for hydroxylation is 1. The van der Waals surface area contributed by atoms with E-state index in [-0.39, 0.29) is 5.78 Å². The Morgan fingerprint density at radius 2 is 1.32 bits per heavy atom. The summed E-state index contributed by atoms with van der Waals surface area (Å²) in [5.74, 6) is 0.0807. The molecule has 3 rings (SSSR count). The summed E-state index contributed by atoms with van der Waals surface area (Å²) >= 11 is 1.62. The first-order chi connectivity index (χ1) is 10.8. The molecule has 108 valence electrons. The van der Waals surface area contributed by atoms with E-state index in [0.717, 1.165) is 26.5 Å². The third-order valence-electron chi connectivity index (χ3n) is 3.49. The van der Waals surface area contributed by atoms with Gasteiger partial charge >= 0.3 is 0 Å². The Morgan fingerprint density at radius 3 is 2.05 bits per heavy atom. The Hall–Kier alpha value is -2.32. The summed E-state index contributed by atoms with van der Waals surface area (Å²) in [5.41, 5.74) is 2.53. The summed E-state index contributed by atoms with van der Waals surface area (Å²) in [4.78, 5) is 15.0. The van der Waals surface area contributed by atoms with Crippen molar-refractivity contribution in [2.75, 3.05) is 0 Å². The fourth-order valence-corrected chi connectivity index (χ4v) is 3.30. The second-order valence-corrected chi connectivity index (χ2v) is 6.17. The van der Waals surface area contributed by atoms with Crippen LogP contribution in [-0.4, -0.2) is 5.78 Å². The minimum Gasteiger partial charge on any atom is -0.289 e. The summed E-state index contributed by atoms with van der Waals surface area (Å²) in [6.07, 6.45) is 0. The molecule has 1 nitrogen and oxygen atoms in total. The normalized spacial score (nSPS) is 10.4. The van der Waals surface area contributed by atoms with Gasteiger partial charge < -0.3 is 0 Å². The molecule has 0 fully saturated rings. The Balaban J connectivity index is 1.98. The van der Waals surface area contributed by atoms with E-state index in [1.54, 1.807) is 11.8 Å².